The lowest BCUT2D eigenvalue weighted by molar-refractivity contribution is 0.101. The Morgan fingerprint density at radius 1 is 1.03 bits per heavy atom. The Balaban J connectivity index is 1.37. The molecule has 0 spiro atoms. The van der Waals surface area contributed by atoms with Crippen LogP contribution in [0.3, 0.4) is 0 Å². The summed E-state index contributed by atoms with van der Waals surface area (Å²) in [6.45, 7) is -0.0221. The Bertz CT molecular complexity index is 1350. The summed E-state index contributed by atoms with van der Waals surface area (Å²) in [4.78, 5) is 21.4. The molecule has 0 amide bonds. The Kier molecular flexibility index (Phi) is 8.28. The first-order chi connectivity index (χ1) is 18.4. The van der Waals surface area contributed by atoms with Crippen LogP contribution in [0.1, 0.15) is 36.9 Å². The predicted molar refractivity (Wildman–Crippen MR) is 150 cm³/mol. The van der Waals surface area contributed by atoms with Crippen molar-refractivity contribution in [2.24, 2.45) is 0 Å². The van der Waals surface area contributed by atoms with Crippen LogP contribution in [0.2, 0.25) is 0 Å². The van der Waals surface area contributed by atoms with Crippen molar-refractivity contribution >= 4 is 44.4 Å². The first-order valence-electron chi connectivity index (χ1n) is 12.9. The fourth-order valence-corrected chi connectivity index (χ4v) is 5.41. The van der Waals surface area contributed by atoms with E-state index < -0.39 is 6.10 Å². The zero-order valence-electron chi connectivity index (χ0n) is 21.3. The Morgan fingerprint density at radius 3 is 2.58 bits per heavy atom. The third-order valence-electron chi connectivity index (χ3n) is 6.60. The Morgan fingerprint density at radius 2 is 1.82 bits per heavy atom. The fourth-order valence-electron chi connectivity index (χ4n) is 4.57. The molecule has 0 aliphatic heterocycles. The Hall–Kier alpha value is -3.38. The van der Waals surface area contributed by atoms with E-state index in [1.807, 2.05) is 43.4 Å². The van der Waals surface area contributed by atoms with Gasteiger partial charge in [-0.25, -0.2) is 15.0 Å². The van der Waals surface area contributed by atoms with E-state index in [0.29, 0.717) is 29.1 Å². The SMILES string of the molecule is CN(CC(O)CO)c1ccc2nc(Nc3cc(Cc4ccccc4)nc(NC4CCC(O)CC4)n3)sc2n1. The topological polar surface area (TPSA) is 140 Å². The van der Waals surface area contributed by atoms with Crippen molar-refractivity contribution in [1.29, 1.82) is 0 Å². The van der Waals surface area contributed by atoms with Gasteiger partial charge in [0.25, 0.3) is 0 Å². The van der Waals surface area contributed by atoms with Crippen LogP contribution in [-0.2, 0) is 6.42 Å². The molecule has 1 aromatic carbocycles. The number of rotatable bonds is 10. The number of hydrogen-bond donors (Lipinski definition) is 5. The minimum atomic E-state index is -0.833. The van der Waals surface area contributed by atoms with E-state index >= 15 is 0 Å². The van der Waals surface area contributed by atoms with Crippen molar-refractivity contribution in [3.05, 3.63) is 59.8 Å². The molecule has 1 saturated carbocycles. The van der Waals surface area contributed by atoms with Gasteiger partial charge >= 0.3 is 0 Å². The van der Waals surface area contributed by atoms with E-state index in [-0.39, 0.29) is 25.3 Å². The minimum absolute atomic E-state index is 0.219. The van der Waals surface area contributed by atoms with Gasteiger partial charge in [0.1, 0.15) is 22.0 Å². The van der Waals surface area contributed by atoms with Gasteiger partial charge in [-0.2, -0.15) is 4.98 Å². The first kappa shape index (κ1) is 26.2. The van der Waals surface area contributed by atoms with E-state index in [1.165, 1.54) is 11.3 Å². The monoisotopic (exact) mass is 535 g/mol. The molecule has 3 heterocycles. The Labute approximate surface area is 225 Å². The molecular weight excluding hydrogens is 502 g/mol. The molecule has 11 heteroatoms. The van der Waals surface area contributed by atoms with Gasteiger partial charge in [-0.3, -0.25) is 0 Å². The molecule has 5 N–H and O–H groups in total. The molecule has 1 atom stereocenters. The van der Waals surface area contributed by atoms with Gasteiger partial charge in [0.05, 0.1) is 24.5 Å². The van der Waals surface area contributed by atoms with Crippen LogP contribution in [-0.4, -0.2) is 73.7 Å². The lowest BCUT2D eigenvalue weighted by Crippen LogP contribution is -2.31. The molecule has 10 nitrogen and oxygen atoms in total. The van der Waals surface area contributed by atoms with Crippen LogP contribution in [0.4, 0.5) is 22.7 Å². The van der Waals surface area contributed by atoms with Gasteiger partial charge in [0.2, 0.25) is 5.95 Å². The molecule has 1 aliphatic carbocycles. The van der Waals surface area contributed by atoms with Crippen LogP contribution in [0, 0.1) is 0 Å². The van der Waals surface area contributed by atoms with Gasteiger partial charge in [-0.15, -0.1) is 0 Å². The van der Waals surface area contributed by atoms with Gasteiger partial charge in [0, 0.05) is 32.1 Å². The van der Waals surface area contributed by atoms with E-state index in [1.54, 1.807) is 4.90 Å². The number of anilines is 4. The summed E-state index contributed by atoms with van der Waals surface area (Å²) in [7, 11) is 1.82. The molecule has 0 radical (unpaired) electrons. The van der Waals surface area contributed by atoms with Crippen LogP contribution < -0.4 is 15.5 Å². The van der Waals surface area contributed by atoms with Gasteiger partial charge in [0.15, 0.2) is 5.13 Å². The smallest absolute Gasteiger partial charge is 0.225 e. The van der Waals surface area contributed by atoms with Crippen molar-refractivity contribution in [2.45, 2.75) is 50.4 Å². The molecule has 0 bridgehead atoms. The van der Waals surface area contributed by atoms with Gasteiger partial charge in [-0.05, 0) is 43.4 Å². The number of benzene rings is 1. The molecule has 1 fully saturated rings. The van der Waals surface area contributed by atoms with Gasteiger partial charge < -0.3 is 30.9 Å². The van der Waals surface area contributed by atoms with E-state index in [4.69, 9.17) is 15.1 Å². The van der Waals surface area contributed by atoms with Crippen molar-refractivity contribution in [3.8, 4) is 0 Å². The standard InChI is InChI=1S/C27H33N7O3S/c1-34(15-21(37)16-35)24-12-11-22-25(33-24)38-27(30-22)32-23-14-19(13-17-5-3-2-4-6-17)29-26(31-23)28-18-7-9-20(36)10-8-18/h2-6,11-12,14,18,20-21,35-37H,7-10,13,15-16H2,1H3,(H2,28,29,30,31,32). The van der Waals surface area contributed by atoms with E-state index in [9.17, 15) is 10.2 Å². The summed E-state index contributed by atoms with van der Waals surface area (Å²) >= 11 is 1.42. The maximum absolute atomic E-state index is 9.86. The molecule has 1 unspecified atom stereocenters. The molecule has 200 valence electrons. The number of likely N-dealkylation sites (N-methyl/N-ethyl adjacent to an activating group) is 1. The number of nitrogens with zero attached hydrogens (tertiary/aromatic N) is 5. The summed E-state index contributed by atoms with van der Waals surface area (Å²) in [5, 5.41) is 36.2. The molecule has 1 aliphatic rings. The van der Waals surface area contributed by atoms with Gasteiger partial charge in [-0.1, -0.05) is 41.7 Å². The quantitative estimate of drug-likeness (QED) is 0.205. The molecule has 5 rings (SSSR count). The summed E-state index contributed by atoms with van der Waals surface area (Å²) in [5.41, 5.74) is 2.81. The summed E-state index contributed by atoms with van der Waals surface area (Å²) in [6.07, 6.45) is 2.94. The lowest BCUT2D eigenvalue weighted by atomic mass is 9.93. The number of aliphatic hydroxyl groups excluding tert-OH is 3. The summed E-state index contributed by atoms with van der Waals surface area (Å²) < 4.78 is 0. The second kappa shape index (κ2) is 12.0. The minimum Gasteiger partial charge on any atom is -0.394 e. The van der Waals surface area contributed by atoms with Crippen LogP contribution in [0.25, 0.3) is 10.3 Å². The highest BCUT2D eigenvalue weighted by molar-refractivity contribution is 7.21. The largest absolute Gasteiger partial charge is 0.394 e. The third kappa shape index (κ3) is 6.73. The fraction of sp³-hybridized carbons (Fsp3) is 0.407. The number of thiazole rings is 1. The molecule has 3 aromatic heterocycles. The van der Waals surface area contributed by atoms with Crippen molar-refractivity contribution in [2.75, 3.05) is 35.7 Å². The number of pyridine rings is 1. The maximum Gasteiger partial charge on any atom is 0.225 e. The predicted octanol–water partition coefficient (Wildman–Crippen LogP) is 3.32. The molecule has 4 aromatic rings. The number of aliphatic hydroxyl groups is 3. The second-order valence-electron chi connectivity index (χ2n) is 9.73. The lowest BCUT2D eigenvalue weighted by Gasteiger charge is -2.26. The highest BCUT2D eigenvalue weighted by atomic mass is 32.1. The average Bonchev–Trinajstić information content (AvgIpc) is 3.31. The van der Waals surface area contributed by atoms with Crippen molar-refractivity contribution in [1.82, 2.24) is 19.9 Å². The highest BCUT2D eigenvalue weighted by Gasteiger charge is 2.20. The number of fused-ring (bicyclic) bond motifs is 1. The third-order valence-corrected chi connectivity index (χ3v) is 7.48. The van der Waals surface area contributed by atoms with E-state index in [0.717, 1.165) is 47.3 Å². The molecular formula is C27H33N7O3S. The summed E-state index contributed by atoms with van der Waals surface area (Å²) in [6, 6.07) is 16.1. The maximum atomic E-state index is 9.86. The van der Waals surface area contributed by atoms with Crippen molar-refractivity contribution < 1.29 is 15.3 Å². The zero-order valence-corrected chi connectivity index (χ0v) is 22.1. The molecule has 38 heavy (non-hydrogen) atoms. The number of nitrogens with one attached hydrogen (secondary N) is 2. The average molecular weight is 536 g/mol. The van der Waals surface area contributed by atoms with Crippen LogP contribution in [0.5, 0.6) is 0 Å². The summed E-state index contributed by atoms with van der Waals surface area (Å²) in [5.74, 6) is 1.90. The highest BCUT2D eigenvalue weighted by Crippen LogP contribution is 2.29. The zero-order chi connectivity index (χ0) is 26.5. The first-order valence-corrected chi connectivity index (χ1v) is 13.7. The van der Waals surface area contributed by atoms with Crippen molar-refractivity contribution in [3.63, 3.8) is 0 Å². The number of aromatic nitrogens is 4. The number of hydrogen-bond acceptors (Lipinski definition) is 11. The van der Waals surface area contributed by atoms with Crippen LogP contribution in [0.15, 0.2) is 48.5 Å². The molecule has 0 saturated heterocycles. The van der Waals surface area contributed by atoms with E-state index in [2.05, 4.69) is 32.7 Å². The second-order valence-corrected chi connectivity index (χ2v) is 10.7. The normalized spacial score (nSPS) is 18.3. The van der Waals surface area contributed by atoms with Crippen LogP contribution >= 0.6 is 11.3 Å².